The third kappa shape index (κ3) is 8.77. The summed E-state index contributed by atoms with van der Waals surface area (Å²) < 4.78 is 0. The summed E-state index contributed by atoms with van der Waals surface area (Å²) in [6.07, 6.45) is 42.8. The minimum atomic E-state index is -0.688. The summed E-state index contributed by atoms with van der Waals surface area (Å²) in [5.74, 6) is 4.51. The molecular formula is C54H75P. The molecule has 0 aromatic heterocycles. The zero-order valence-corrected chi connectivity index (χ0v) is 35.7. The Balaban J connectivity index is 1.33. The smallest absolute Gasteiger partial charge is 0.00810 e. The van der Waals surface area contributed by atoms with Gasteiger partial charge < -0.3 is 0 Å². The van der Waals surface area contributed by atoms with Crippen LogP contribution in [0.3, 0.4) is 0 Å². The van der Waals surface area contributed by atoms with Crippen molar-refractivity contribution in [3.8, 4) is 0 Å². The van der Waals surface area contributed by atoms with Crippen LogP contribution in [0, 0.1) is 0 Å². The molecule has 0 heterocycles. The molecule has 0 spiro atoms. The van der Waals surface area contributed by atoms with Crippen LogP contribution in [0.5, 0.6) is 0 Å². The lowest BCUT2D eigenvalue weighted by Gasteiger charge is -2.39. The third-order valence-corrected chi connectivity index (χ3v) is 18.9. The summed E-state index contributed by atoms with van der Waals surface area (Å²) in [4.78, 5) is 0. The highest BCUT2D eigenvalue weighted by Gasteiger charge is 2.37. The van der Waals surface area contributed by atoms with Crippen molar-refractivity contribution >= 4 is 23.8 Å². The molecule has 6 aliphatic carbocycles. The molecule has 0 atom stereocenters. The van der Waals surface area contributed by atoms with Gasteiger partial charge in [-0.1, -0.05) is 170 Å². The molecule has 296 valence electrons. The molecule has 1 heteroatoms. The van der Waals surface area contributed by atoms with Gasteiger partial charge in [-0.2, -0.15) is 0 Å². The first-order valence-corrected chi connectivity index (χ1v) is 25.9. The van der Waals surface area contributed by atoms with Crippen LogP contribution in [0.25, 0.3) is 0 Å². The van der Waals surface area contributed by atoms with E-state index in [1.54, 1.807) is 16.4 Å². The molecule has 0 radical (unpaired) electrons. The average molecular weight is 755 g/mol. The Morgan fingerprint density at radius 2 is 0.545 bits per heavy atom. The molecule has 0 bridgehead atoms. The van der Waals surface area contributed by atoms with Gasteiger partial charge in [-0.3, -0.25) is 0 Å². The molecule has 0 amide bonds. The molecule has 0 unspecified atom stereocenters. The van der Waals surface area contributed by atoms with Gasteiger partial charge in [-0.25, -0.2) is 0 Å². The van der Waals surface area contributed by atoms with E-state index >= 15 is 0 Å². The molecule has 0 saturated heterocycles. The average Bonchev–Trinajstić information content (AvgIpc) is 3.28. The maximum atomic E-state index is 2.92. The van der Waals surface area contributed by atoms with Crippen LogP contribution in [-0.4, -0.2) is 0 Å². The van der Waals surface area contributed by atoms with Crippen LogP contribution in [0.2, 0.25) is 0 Å². The molecule has 9 rings (SSSR count). The minimum absolute atomic E-state index is 0.688. The van der Waals surface area contributed by atoms with Gasteiger partial charge in [0.15, 0.2) is 0 Å². The van der Waals surface area contributed by atoms with Crippen LogP contribution in [0.4, 0.5) is 0 Å². The van der Waals surface area contributed by atoms with E-state index in [4.69, 9.17) is 0 Å². The Bertz CT molecular complexity index is 1460. The molecule has 0 nitrogen and oxygen atoms in total. The zero-order chi connectivity index (χ0) is 36.8. The summed E-state index contributed by atoms with van der Waals surface area (Å²) in [6, 6.07) is 24.0. The number of benzene rings is 3. The Morgan fingerprint density at radius 1 is 0.291 bits per heavy atom. The van der Waals surface area contributed by atoms with Crippen LogP contribution < -0.4 is 15.9 Å². The molecule has 6 saturated carbocycles. The predicted octanol–water partition coefficient (Wildman–Crippen LogP) is 15.7. The Labute approximate surface area is 338 Å². The van der Waals surface area contributed by atoms with Crippen molar-refractivity contribution in [2.45, 2.75) is 228 Å². The molecule has 6 aliphatic rings. The Hall–Kier alpha value is -1.91. The Kier molecular flexibility index (Phi) is 13.2. The summed E-state index contributed by atoms with van der Waals surface area (Å²) >= 11 is 0. The molecule has 3 aromatic rings. The van der Waals surface area contributed by atoms with E-state index in [0.29, 0.717) is 0 Å². The van der Waals surface area contributed by atoms with Gasteiger partial charge in [0.1, 0.15) is 0 Å². The fraction of sp³-hybridized carbons (Fsp3) is 0.667. The van der Waals surface area contributed by atoms with Crippen LogP contribution >= 0.6 is 7.92 Å². The monoisotopic (exact) mass is 755 g/mol. The fourth-order valence-corrected chi connectivity index (χ4v) is 16.3. The van der Waals surface area contributed by atoms with E-state index in [0.717, 1.165) is 35.5 Å². The first-order valence-electron chi connectivity index (χ1n) is 24.5. The Morgan fingerprint density at radius 3 is 0.818 bits per heavy atom. The van der Waals surface area contributed by atoms with Crippen molar-refractivity contribution in [2.24, 2.45) is 0 Å². The van der Waals surface area contributed by atoms with Gasteiger partial charge >= 0.3 is 0 Å². The van der Waals surface area contributed by atoms with Crippen LogP contribution in [-0.2, 0) is 0 Å². The van der Waals surface area contributed by atoms with Gasteiger partial charge in [0.25, 0.3) is 0 Å². The van der Waals surface area contributed by atoms with Crippen molar-refractivity contribution < 1.29 is 0 Å². The second-order valence-electron chi connectivity index (χ2n) is 19.8. The van der Waals surface area contributed by atoms with Crippen molar-refractivity contribution in [1.82, 2.24) is 0 Å². The normalized spacial score (nSPS) is 23.7. The van der Waals surface area contributed by atoms with Gasteiger partial charge in [0, 0.05) is 0 Å². The maximum absolute atomic E-state index is 2.92. The highest BCUT2D eigenvalue weighted by Crippen LogP contribution is 2.51. The number of hydrogen-bond acceptors (Lipinski definition) is 0. The van der Waals surface area contributed by atoms with Crippen molar-refractivity contribution in [2.75, 3.05) is 0 Å². The van der Waals surface area contributed by atoms with Gasteiger partial charge in [-0.15, -0.1) is 0 Å². The fourth-order valence-electron chi connectivity index (χ4n) is 13.1. The number of rotatable bonds is 9. The predicted molar refractivity (Wildman–Crippen MR) is 240 cm³/mol. The topological polar surface area (TPSA) is 0 Å². The van der Waals surface area contributed by atoms with E-state index in [1.165, 1.54) is 193 Å². The SMILES string of the molecule is c1ccc(P(c2c(C3CCCCC3)cc(C3CCCCC3)cc2C2CCCCC2)c2c(C3CCCCC3)cc(C3CCCCC3)cc2C2CCCCC2)cc1. The maximum Gasteiger partial charge on any atom is -0.00810 e. The summed E-state index contributed by atoms with van der Waals surface area (Å²) in [5, 5.41) is 5.47. The quantitative estimate of drug-likeness (QED) is 0.191. The van der Waals surface area contributed by atoms with E-state index in [1.807, 2.05) is 32.9 Å². The highest BCUT2D eigenvalue weighted by molar-refractivity contribution is 7.80. The zero-order valence-electron chi connectivity index (χ0n) is 34.8. The van der Waals surface area contributed by atoms with E-state index in [-0.39, 0.29) is 0 Å². The number of hydrogen-bond donors (Lipinski definition) is 0. The first-order chi connectivity index (χ1) is 27.3. The van der Waals surface area contributed by atoms with Gasteiger partial charge in [-0.05, 0) is 170 Å². The minimum Gasteiger partial charge on any atom is -0.0622 e. The molecular weight excluding hydrogens is 680 g/mol. The second-order valence-corrected chi connectivity index (χ2v) is 21.9. The molecule has 0 aliphatic heterocycles. The lowest BCUT2D eigenvalue weighted by Crippen LogP contribution is -2.34. The standard InChI is InChI=1S/C54H75P/c1-8-22-40(23-9-1)46-36-49(42-26-12-3-13-27-42)53(50(37-46)43-28-14-4-15-29-43)55(48-34-20-7-21-35-48)54-51(44-30-16-5-17-31-44)38-47(41-24-10-2-11-25-41)39-52(54)45-32-18-6-19-33-45/h7,20-21,34-45H,1-6,8-19,22-33H2. The molecule has 0 N–H and O–H groups in total. The lowest BCUT2D eigenvalue weighted by atomic mass is 9.76. The summed E-state index contributed by atoms with van der Waals surface area (Å²) in [6.45, 7) is 0. The highest BCUT2D eigenvalue weighted by atomic mass is 31.1. The molecule has 3 aromatic carbocycles. The van der Waals surface area contributed by atoms with Crippen LogP contribution in [0.1, 0.15) is 262 Å². The lowest BCUT2D eigenvalue weighted by molar-refractivity contribution is 0.429. The molecule has 55 heavy (non-hydrogen) atoms. The van der Waals surface area contributed by atoms with Crippen molar-refractivity contribution in [3.05, 3.63) is 88.0 Å². The van der Waals surface area contributed by atoms with Crippen LogP contribution in [0.15, 0.2) is 54.6 Å². The van der Waals surface area contributed by atoms with E-state index in [2.05, 4.69) is 54.6 Å². The van der Waals surface area contributed by atoms with Gasteiger partial charge in [0.05, 0.1) is 0 Å². The second kappa shape index (κ2) is 18.8. The largest absolute Gasteiger partial charge is 0.0622 e. The van der Waals surface area contributed by atoms with E-state index in [9.17, 15) is 0 Å². The first kappa shape index (κ1) is 38.6. The van der Waals surface area contributed by atoms with Crippen molar-refractivity contribution in [3.63, 3.8) is 0 Å². The third-order valence-electron chi connectivity index (χ3n) is 16.2. The molecule has 6 fully saturated rings. The van der Waals surface area contributed by atoms with Gasteiger partial charge in [0.2, 0.25) is 0 Å². The summed E-state index contributed by atoms with van der Waals surface area (Å²) in [7, 11) is -0.688. The van der Waals surface area contributed by atoms with E-state index < -0.39 is 7.92 Å². The van der Waals surface area contributed by atoms with Crippen molar-refractivity contribution in [1.29, 1.82) is 0 Å². The summed E-state index contributed by atoms with van der Waals surface area (Å²) in [5.41, 5.74) is 11.0.